The van der Waals surface area contributed by atoms with E-state index in [0.29, 0.717) is 0 Å². The molecule has 0 spiro atoms. The van der Waals surface area contributed by atoms with Crippen LogP contribution < -0.4 is 5.73 Å². The molecule has 1 heterocycles. The van der Waals surface area contributed by atoms with Gasteiger partial charge < -0.3 is 10.9 Å². The molecule has 1 aromatic heterocycles. The molecule has 21 heavy (non-hydrogen) atoms. The normalized spacial score (nSPS) is 12.6. The lowest BCUT2D eigenvalue weighted by Crippen LogP contribution is -2.32. The smallest absolute Gasteiger partial charge is 0.144 e. The van der Waals surface area contributed by atoms with Gasteiger partial charge in [0.15, 0.2) is 0 Å². The Hall–Kier alpha value is -2.30. The van der Waals surface area contributed by atoms with Crippen LogP contribution in [0.25, 0.3) is 11.1 Å². The highest BCUT2D eigenvalue weighted by Crippen LogP contribution is 2.23. The molecule has 0 bridgehead atoms. The number of oxime groups is 1. The van der Waals surface area contributed by atoms with Crippen molar-refractivity contribution < 1.29 is 5.21 Å². The average molecular weight is 286 g/mol. The maximum Gasteiger partial charge on any atom is 0.144 e. The van der Waals surface area contributed by atoms with Gasteiger partial charge in [0.2, 0.25) is 0 Å². The Labute approximate surface area is 125 Å². The Kier molecular flexibility index (Phi) is 4.62. The molecule has 1 aromatic carbocycles. The molecular formula is C16H22N4O. The lowest BCUT2D eigenvalue weighted by atomic mass is 9.86. The molecule has 0 aliphatic carbocycles. The summed E-state index contributed by atoms with van der Waals surface area (Å²) in [4.78, 5) is 0. The van der Waals surface area contributed by atoms with Gasteiger partial charge in [-0.1, -0.05) is 49.3 Å². The summed E-state index contributed by atoms with van der Waals surface area (Å²) in [5, 5.41) is 16.2. The Morgan fingerprint density at radius 2 is 2.00 bits per heavy atom. The van der Waals surface area contributed by atoms with Crippen LogP contribution in [0, 0.1) is 5.41 Å². The lowest BCUT2D eigenvalue weighted by Gasteiger charge is -2.22. The van der Waals surface area contributed by atoms with Gasteiger partial charge >= 0.3 is 0 Å². The molecule has 0 fully saturated rings. The maximum absolute atomic E-state index is 8.76. The van der Waals surface area contributed by atoms with Gasteiger partial charge in [0.1, 0.15) is 5.84 Å². The molecular weight excluding hydrogens is 264 g/mol. The molecule has 0 saturated carbocycles. The number of hydrogen-bond acceptors (Lipinski definition) is 3. The number of aromatic nitrogens is 2. The minimum atomic E-state index is -0.301. The van der Waals surface area contributed by atoms with Crippen LogP contribution in [0.3, 0.4) is 0 Å². The van der Waals surface area contributed by atoms with Gasteiger partial charge in [0.05, 0.1) is 6.20 Å². The number of rotatable bonds is 6. The van der Waals surface area contributed by atoms with E-state index < -0.39 is 0 Å². The fourth-order valence-electron chi connectivity index (χ4n) is 2.21. The maximum atomic E-state index is 8.76. The third-order valence-electron chi connectivity index (χ3n) is 3.73. The molecule has 3 N–H and O–H groups in total. The zero-order valence-electron chi connectivity index (χ0n) is 12.5. The van der Waals surface area contributed by atoms with Gasteiger partial charge in [-0.2, -0.15) is 5.10 Å². The van der Waals surface area contributed by atoms with E-state index in [1.807, 2.05) is 49.1 Å². The highest BCUT2D eigenvalue weighted by molar-refractivity contribution is 5.85. The van der Waals surface area contributed by atoms with Crippen LogP contribution in [0.4, 0.5) is 0 Å². The minimum Gasteiger partial charge on any atom is -0.409 e. The van der Waals surface area contributed by atoms with Crippen LogP contribution in [0.15, 0.2) is 47.9 Å². The second-order valence-electron chi connectivity index (χ2n) is 5.83. The predicted octanol–water partition coefficient (Wildman–Crippen LogP) is 3.10. The molecule has 112 valence electrons. The number of benzene rings is 1. The van der Waals surface area contributed by atoms with E-state index in [-0.39, 0.29) is 11.3 Å². The van der Waals surface area contributed by atoms with Crippen molar-refractivity contribution in [3.05, 3.63) is 42.7 Å². The molecule has 0 atom stereocenters. The number of amidine groups is 1. The van der Waals surface area contributed by atoms with Crippen molar-refractivity contribution in [2.45, 2.75) is 33.2 Å². The molecule has 2 aromatic rings. The molecule has 5 heteroatoms. The fraction of sp³-hybridized carbons (Fsp3) is 0.375. The molecule has 0 amide bonds. The largest absolute Gasteiger partial charge is 0.409 e. The van der Waals surface area contributed by atoms with Crippen molar-refractivity contribution in [2.75, 3.05) is 0 Å². The fourth-order valence-corrected chi connectivity index (χ4v) is 2.21. The first-order chi connectivity index (χ1) is 10.0. The standard InChI is InChI=1S/C16H22N4O/c1-16(2,15(17)19-21)9-6-10-20-12-14(11-18-20)13-7-4-3-5-8-13/h3-5,7-8,11-12,21H,6,9-10H2,1-2H3,(H2,17,19). The summed E-state index contributed by atoms with van der Waals surface area (Å²) in [7, 11) is 0. The first-order valence-corrected chi connectivity index (χ1v) is 7.09. The van der Waals surface area contributed by atoms with E-state index in [1.165, 1.54) is 5.56 Å². The van der Waals surface area contributed by atoms with Crippen molar-refractivity contribution in [2.24, 2.45) is 16.3 Å². The number of hydrogen-bond donors (Lipinski definition) is 2. The highest BCUT2D eigenvalue weighted by Gasteiger charge is 2.22. The first kappa shape index (κ1) is 15.1. The first-order valence-electron chi connectivity index (χ1n) is 7.09. The Morgan fingerprint density at radius 3 is 2.67 bits per heavy atom. The van der Waals surface area contributed by atoms with Crippen LogP contribution in [0.5, 0.6) is 0 Å². The van der Waals surface area contributed by atoms with Crippen LogP contribution >= 0.6 is 0 Å². The highest BCUT2D eigenvalue weighted by atomic mass is 16.4. The number of nitrogens with zero attached hydrogens (tertiary/aromatic N) is 3. The summed E-state index contributed by atoms with van der Waals surface area (Å²) < 4.78 is 1.94. The Balaban J connectivity index is 1.92. The van der Waals surface area contributed by atoms with Crippen molar-refractivity contribution in [3.8, 4) is 11.1 Å². The molecule has 0 unspecified atom stereocenters. The summed E-state index contributed by atoms with van der Waals surface area (Å²) in [6.07, 6.45) is 5.68. The average Bonchev–Trinajstić information content (AvgIpc) is 2.96. The second kappa shape index (κ2) is 6.43. The van der Waals surface area contributed by atoms with E-state index in [1.54, 1.807) is 0 Å². The molecule has 0 aliphatic rings. The van der Waals surface area contributed by atoms with E-state index in [4.69, 9.17) is 10.9 Å². The van der Waals surface area contributed by atoms with Crippen molar-refractivity contribution >= 4 is 5.84 Å². The Morgan fingerprint density at radius 1 is 1.29 bits per heavy atom. The van der Waals surface area contributed by atoms with Gasteiger partial charge in [-0.3, -0.25) is 4.68 Å². The van der Waals surface area contributed by atoms with Crippen molar-refractivity contribution in [1.82, 2.24) is 9.78 Å². The summed E-state index contributed by atoms with van der Waals surface area (Å²) in [5.74, 6) is 0.271. The zero-order chi connectivity index (χ0) is 15.3. The molecule has 5 nitrogen and oxygen atoms in total. The topological polar surface area (TPSA) is 76.4 Å². The third-order valence-corrected chi connectivity index (χ3v) is 3.73. The number of nitrogens with two attached hydrogens (primary N) is 1. The van der Waals surface area contributed by atoms with Gasteiger partial charge in [-0.15, -0.1) is 0 Å². The van der Waals surface area contributed by atoms with Gasteiger partial charge in [0.25, 0.3) is 0 Å². The quantitative estimate of drug-likeness (QED) is 0.371. The van der Waals surface area contributed by atoms with Gasteiger partial charge in [0, 0.05) is 23.7 Å². The van der Waals surface area contributed by atoms with Gasteiger partial charge in [-0.05, 0) is 18.4 Å². The van der Waals surface area contributed by atoms with Crippen LogP contribution in [-0.4, -0.2) is 20.8 Å². The second-order valence-corrected chi connectivity index (χ2v) is 5.83. The number of aryl methyl sites for hydroxylation is 1. The van der Waals surface area contributed by atoms with Crippen LogP contribution in [0.1, 0.15) is 26.7 Å². The molecule has 0 radical (unpaired) electrons. The summed E-state index contributed by atoms with van der Waals surface area (Å²) >= 11 is 0. The monoisotopic (exact) mass is 286 g/mol. The summed E-state index contributed by atoms with van der Waals surface area (Å²) in [5.41, 5.74) is 7.67. The summed E-state index contributed by atoms with van der Waals surface area (Å²) in [6, 6.07) is 10.2. The minimum absolute atomic E-state index is 0.271. The lowest BCUT2D eigenvalue weighted by molar-refractivity contribution is 0.303. The predicted molar refractivity (Wildman–Crippen MR) is 84.1 cm³/mol. The van der Waals surface area contributed by atoms with Crippen LogP contribution in [0.2, 0.25) is 0 Å². The van der Waals surface area contributed by atoms with Crippen LogP contribution in [-0.2, 0) is 6.54 Å². The van der Waals surface area contributed by atoms with E-state index in [2.05, 4.69) is 22.4 Å². The van der Waals surface area contributed by atoms with E-state index >= 15 is 0 Å². The molecule has 2 rings (SSSR count). The summed E-state index contributed by atoms with van der Waals surface area (Å²) in [6.45, 7) is 4.76. The van der Waals surface area contributed by atoms with Crippen molar-refractivity contribution in [1.29, 1.82) is 0 Å². The third kappa shape index (κ3) is 3.84. The van der Waals surface area contributed by atoms with E-state index in [0.717, 1.165) is 24.9 Å². The zero-order valence-corrected chi connectivity index (χ0v) is 12.5. The Bertz CT molecular complexity index is 602. The SMILES string of the molecule is CC(C)(CCCn1cc(-c2ccccc2)cn1)C(N)=NO. The van der Waals surface area contributed by atoms with E-state index in [9.17, 15) is 0 Å². The van der Waals surface area contributed by atoms with Gasteiger partial charge in [-0.25, -0.2) is 0 Å². The molecule has 0 aliphatic heterocycles. The molecule has 0 saturated heterocycles. The van der Waals surface area contributed by atoms with Crippen molar-refractivity contribution in [3.63, 3.8) is 0 Å².